The van der Waals surface area contributed by atoms with Gasteiger partial charge in [-0.3, -0.25) is 4.79 Å². The summed E-state index contributed by atoms with van der Waals surface area (Å²) in [6, 6.07) is 12.0. The van der Waals surface area contributed by atoms with Crippen molar-refractivity contribution in [1.29, 1.82) is 0 Å². The van der Waals surface area contributed by atoms with Crippen LogP contribution in [0.3, 0.4) is 0 Å². The molecule has 2 aromatic carbocycles. The summed E-state index contributed by atoms with van der Waals surface area (Å²) < 4.78 is 18.9. The van der Waals surface area contributed by atoms with Crippen molar-refractivity contribution in [2.24, 2.45) is 0 Å². The number of carbonyl (C=O) groups is 1. The molecule has 0 aliphatic rings. The molecular weight excluding hydrogens is 295 g/mol. The van der Waals surface area contributed by atoms with Crippen molar-refractivity contribution in [3.8, 4) is 5.75 Å². The first-order valence-electron chi connectivity index (χ1n) is 7.48. The highest BCUT2D eigenvalue weighted by atomic mass is 19.1. The number of hydrogen-bond acceptors (Lipinski definition) is 3. The van der Waals surface area contributed by atoms with Crippen LogP contribution in [0.15, 0.2) is 42.5 Å². The van der Waals surface area contributed by atoms with E-state index in [9.17, 15) is 9.18 Å². The lowest BCUT2D eigenvalue weighted by Gasteiger charge is -2.12. The Morgan fingerprint density at radius 1 is 1.17 bits per heavy atom. The van der Waals surface area contributed by atoms with Crippen LogP contribution in [-0.2, 0) is 6.54 Å². The molecular formula is C18H21FN2O2. The fourth-order valence-corrected chi connectivity index (χ4v) is 2.12. The molecule has 0 heterocycles. The van der Waals surface area contributed by atoms with Crippen LogP contribution in [0.2, 0.25) is 0 Å². The molecule has 0 radical (unpaired) electrons. The number of hydrogen-bond donors (Lipinski definition) is 1. The van der Waals surface area contributed by atoms with Gasteiger partial charge in [0.05, 0.1) is 6.61 Å². The second kappa shape index (κ2) is 7.63. The van der Waals surface area contributed by atoms with Gasteiger partial charge < -0.3 is 15.0 Å². The average Bonchev–Trinajstić information content (AvgIpc) is 2.55. The number of ether oxygens (including phenoxy) is 1. The van der Waals surface area contributed by atoms with E-state index >= 15 is 0 Å². The van der Waals surface area contributed by atoms with E-state index < -0.39 is 5.82 Å². The molecule has 23 heavy (non-hydrogen) atoms. The maximum atomic E-state index is 13.8. The third kappa shape index (κ3) is 4.45. The lowest BCUT2D eigenvalue weighted by molar-refractivity contribution is 0.0951. The van der Waals surface area contributed by atoms with E-state index in [4.69, 9.17) is 4.74 Å². The average molecular weight is 316 g/mol. The van der Waals surface area contributed by atoms with Crippen LogP contribution in [0.1, 0.15) is 22.8 Å². The number of benzene rings is 2. The third-order valence-corrected chi connectivity index (χ3v) is 3.40. The first-order chi connectivity index (χ1) is 11.0. The Morgan fingerprint density at radius 2 is 1.87 bits per heavy atom. The zero-order chi connectivity index (χ0) is 16.8. The van der Waals surface area contributed by atoms with Gasteiger partial charge in [-0.1, -0.05) is 6.07 Å². The monoisotopic (exact) mass is 316 g/mol. The molecule has 0 saturated heterocycles. The maximum absolute atomic E-state index is 13.8. The Bertz CT molecular complexity index is 669. The molecule has 1 N–H and O–H groups in total. The van der Waals surface area contributed by atoms with Gasteiger partial charge in [0.25, 0.3) is 5.91 Å². The fourth-order valence-electron chi connectivity index (χ4n) is 2.12. The van der Waals surface area contributed by atoms with Gasteiger partial charge >= 0.3 is 0 Å². The Balaban J connectivity index is 1.97. The van der Waals surface area contributed by atoms with E-state index in [1.54, 1.807) is 31.2 Å². The summed E-state index contributed by atoms with van der Waals surface area (Å²) >= 11 is 0. The van der Waals surface area contributed by atoms with E-state index in [0.717, 1.165) is 5.69 Å². The molecule has 0 atom stereocenters. The molecule has 1 amide bonds. The minimum Gasteiger partial charge on any atom is -0.491 e. The van der Waals surface area contributed by atoms with Crippen molar-refractivity contribution in [2.75, 3.05) is 25.6 Å². The van der Waals surface area contributed by atoms with Crippen LogP contribution in [0, 0.1) is 5.82 Å². The molecule has 0 aromatic heterocycles. The van der Waals surface area contributed by atoms with Crippen LogP contribution in [0.4, 0.5) is 10.1 Å². The highest BCUT2D eigenvalue weighted by molar-refractivity contribution is 5.94. The number of halogens is 1. The SMILES string of the molecule is CCOc1ccc(CNC(=O)c2ccc(N(C)C)cc2)cc1F. The van der Waals surface area contributed by atoms with Gasteiger partial charge in [0.15, 0.2) is 11.6 Å². The zero-order valence-electron chi connectivity index (χ0n) is 13.6. The summed E-state index contributed by atoms with van der Waals surface area (Å²) in [5, 5.41) is 2.78. The summed E-state index contributed by atoms with van der Waals surface area (Å²) in [5.74, 6) is -0.389. The summed E-state index contributed by atoms with van der Waals surface area (Å²) in [6.07, 6.45) is 0. The molecule has 0 aliphatic heterocycles. The first-order valence-corrected chi connectivity index (χ1v) is 7.48. The van der Waals surface area contributed by atoms with Crippen molar-refractivity contribution in [1.82, 2.24) is 5.32 Å². The maximum Gasteiger partial charge on any atom is 0.251 e. The molecule has 122 valence electrons. The predicted molar refractivity (Wildman–Crippen MR) is 89.5 cm³/mol. The Morgan fingerprint density at radius 3 is 2.43 bits per heavy atom. The van der Waals surface area contributed by atoms with Gasteiger partial charge in [-0.25, -0.2) is 4.39 Å². The number of nitrogens with zero attached hydrogens (tertiary/aromatic N) is 1. The second-order valence-corrected chi connectivity index (χ2v) is 5.32. The summed E-state index contributed by atoms with van der Waals surface area (Å²) in [6.45, 7) is 2.47. The van der Waals surface area contributed by atoms with Crippen LogP contribution in [0.25, 0.3) is 0 Å². The molecule has 0 fully saturated rings. The zero-order valence-corrected chi connectivity index (χ0v) is 13.6. The van der Waals surface area contributed by atoms with Gasteiger partial charge in [-0.2, -0.15) is 0 Å². The standard InChI is InChI=1S/C18H21FN2O2/c1-4-23-17-10-5-13(11-16(17)19)12-20-18(22)14-6-8-15(9-7-14)21(2)3/h5-11H,4,12H2,1-3H3,(H,20,22). The Labute approximate surface area is 135 Å². The number of anilines is 1. The summed E-state index contributed by atoms with van der Waals surface area (Å²) in [5.41, 5.74) is 2.28. The number of rotatable bonds is 6. The second-order valence-electron chi connectivity index (χ2n) is 5.32. The number of amides is 1. The number of nitrogens with one attached hydrogen (secondary N) is 1. The van der Waals surface area contributed by atoms with E-state index in [1.165, 1.54) is 6.07 Å². The lowest BCUT2D eigenvalue weighted by Crippen LogP contribution is -2.23. The third-order valence-electron chi connectivity index (χ3n) is 3.40. The topological polar surface area (TPSA) is 41.6 Å². The van der Waals surface area contributed by atoms with Crippen LogP contribution in [0.5, 0.6) is 5.75 Å². The predicted octanol–water partition coefficient (Wildman–Crippen LogP) is 3.22. The molecule has 0 saturated carbocycles. The van der Waals surface area contributed by atoms with E-state index in [-0.39, 0.29) is 18.2 Å². The summed E-state index contributed by atoms with van der Waals surface area (Å²) in [7, 11) is 3.88. The Kier molecular flexibility index (Phi) is 5.57. The van der Waals surface area contributed by atoms with Gasteiger partial charge in [0, 0.05) is 31.9 Å². The van der Waals surface area contributed by atoms with Crippen molar-refractivity contribution in [2.45, 2.75) is 13.5 Å². The van der Waals surface area contributed by atoms with Gasteiger partial charge in [-0.05, 0) is 48.9 Å². The molecule has 4 nitrogen and oxygen atoms in total. The summed E-state index contributed by atoms with van der Waals surface area (Å²) in [4.78, 5) is 14.1. The van der Waals surface area contributed by atoms with Crippen molar-refractivity contribution >= 4 is 11.6 Å². The molecule has 0 bridgehead atoms. The molecule has 0 aliphatic carbocycles. The molecule has 2 aromatic rings. The fraction of sp³-hybridized carbons (Fsp3) is 0.278. The highest BCUT2D eigenvalue weighted by Crippen LogP contribution is 2.18. The number of carbonyl (C=O) groups excluding carboxylic acids is 1. The van der Waals surface area contributed by atoms with E-state index in [2.05, 4.69) is 5.32 Å². The minimum atomic E-state index is -0.422. The molecule has 5 heteroatoms. The largest absolute Gasteiger partial charge is 0.491 e. The van der Waals surface area contributed by atoms with Gasteiger partial charge in [0.1, 0.15) is 0 Å². The highest BCUT2D eigenvalue weighted by Gasteiger charge is 2.08. The van der Waals surface area contributed by atoms with Crippen LogP contribution >= 0.6 is 0 Å². The van der Waals surface area contributed by atoms with Crippen LogP contribution < -0.4 is 15.0 Å². The molecule has 0 spiro atoms. The lowest BCUT2D eigenvalue weighted by atomic mass is 10.1. The van der Waals surface area contributed by atoms with Crippen molar-refractivity contribution < 1.29 is 13.9 Å². The van der Waals surface area contributed by atoms with Crippen molar-refractivity contribution in [3.63, 3.8) is 0 Å². The van der Waals surface area contributed by atoms with E-state index in [1.807, 2.05) is 31.1 Å². The van der Waals surface area contributed by atoms with Crippen LogP contribution in [-0.4, -0.2) is 26.6 Å². The first kappa shape index (κ1) is 16.8. The normalized spacial score (nSPS) is 10.3. The molecule has 2 rings (SSSR count). The van der Waals surface area contributed by atoms with Crippen molar-refractivity contribution in [3.05, 3.63) is 59.4 Å². The quantitative estimate of drug-likeness (QED) is 0.890. The smallest absolute Gasteiger partial charge is 0.251 e. The van der Waals surface area contributed by atoms with E-state index in [0.29, 0.717) is 17.7 Å². The van der Waals surface area contributed by atoms with Gasteiger partial charge in [0.2, 0.25) is 0 Å². The minimum absolute atomic E-state index is 0.190. The van der Waals surface area contributed by atoms with Gasteiger partial charge in [-0.15, -0.1) is 0 Å². The molecule has 0 unspecified atom stereocenters. The Hall–Kier alpha value is -2.56.